The van der Waals surface area contributed by atoms with E-state index in [1.807, 2.05) is 6.92 Å². The summed E-state index contributed by atoms with van der Waals surface area (Å²) >= 11 is 1.58. The fourth-order valence-electron chi connectivity index (χ4n) is 3.75. The van der Waals surface area contributed by atoms with Crippen LogP contribution in [0.3, 0.4) is 0 Å². The highest BCUT2D eigenvalue weighted by atomic mass is 32.2. The Morgan fingerprint density at radius 3 is 2.47 bits per heavy atom. The monoisotopic (exact) mass is 451 g/mol. The average Bonchev–Trinajstić information content (AvgIpc) is 3.56. The van der Waals surface area contributed by atoms with Crippen LogP contribution in [0.15, 0.2) is 52.9 Å². The van der Waals surface area contributed by atoms with Gasteiger partial charge in [-0.2, -0.15) is 0 Å². The summed E-state index contributed by atoms with van der Waals surface area (Å²) in [5, 5.41) is 0. The van der Waals surface area contributed by atoms with Crippen molar-refractivity contribution in [1.82, 2.24) is 4.98 Å². The fourth-order valence-corrected chi connectivity index (χ4v) is 4.69. The van der Waals surface area contributed by atoms with E-state index in [9.17, 15) is 9.18 Å². The number of hydrogen-bond donors (Lipinski definition) is 0. The molecule has 0 N–H and O–H groups in total. The lowest BCUT2D eigenvalue weighted by Gasteiger charge is -2.02. The van der Waals surface area contributed by atoms with E-state index in [2.05, 4.69) is 29.2 Å². The first kappa shape index (κ1) is 22.8. The van der Waals surface area contributed by atoms with Gasteiger partial charge in [0.1, 0.15) is 17.4 Å². The number of nitrogens with zero attached hydrogens (tertiary/aromatic N) is 1. The molecule has 0 atom stereocenters. The molecule has 0 aliphatic heterocycles. The number of carbonyl (C=O) groups excluding carboxylic acids is 1. The molecule has 0 spiro atoms. The standard InChI is InChI=1S/C27H30FNO2S/c1-19-26(18-32-17-25(30)4-2-3-20-11-15-24(28)16-12-20)29-27(31-19)23-13-9-22(10-14-23)8-7-21-5-6-21/h9-16,21H,2-8,17-18H2,1H3. The molecule has 0 radical (unpaired) electrons. The Morgan fingerprint density at radius 1 is 1.06 bits per heavy atom. The van der Waals surface area contributed by atoms with E-state index in [1.165, 1.54) is 37.0 Å². The van der Waals surface area contributed by atoms with E-state index < -0.39 is 0 Å². The maximum absolute atomic E-state index is 12.9. The summed E-state index contributed by atoms with van der Waals surface area (Å²) in [6.07, 6.45) is 7.36. The zero-order valence-electron chi connectivity index (χ0n) is 18.6. The van der Waals surface area contributed by atoms with Gasteiger partial charge in [0.25, 0.3) is 0 Å². The number of benzene rings is 2. The summed E-state index contributed by atoms with van der Waals surface area (Å²) in [7, 11) is 0. The third-order valence-electron chi connectivity index (χ3n) is 5.97. The summed E-state index contributed by atoms with van der Waals surface area (Å²) in [6.45, 7) is 1.93. The molecule has 0 amide bonds. The van der Waals surface area contributed by atoms with E-state index in [0.29, 0.717) is 23.8 Å². The first-order chi connectivity index (χ1) is 15.6. The second-order valence-corrected chi connectivity index (χ2v) is 9.70. The van der Waals surface area contributed by atoms with Gasteiger partial charge >= 0.3 is 0 Å². The van der Waals surface area contributed by atoms with E-state index >= 15 is 0 Å². The van der Waals surface area contributed by atoms with E-state index in [-0.39, 0.29) is 11.6 Å². The SMILES string of the molecule is Cc1oc(-c2ccc(CCC3CC3)cc2)nc1CSCC(=O)CCCc1ccc(F)cc1. The van der Waals surface area contributed by atoms with Crippen LogP contribution in [-0.4, -0.2) is 16.5 Å². The summed E-state index contributed by atoms with van der Waals surface area (Å²) < 4.78 is 18.8. The van der Waals surface area contributed by atoms with Crippen LogP contribution in [0.2, 0.25) is 0 Å². The maximum Gasteiger partial charge on any atom is 0.226 e. The molecule has 3 nitrogen and oxygen atoms in total. The lowest BCUT2D eigenvalue weighted by Crippen LogP contribution is -2.02. The largest absolute Gasteiger partial charge is 0.441 e. The van der Waals surface area contributed by atoms with Crippen molar-refractivity contribution in [1.29, 1.82) is 0 Å². The zero-order chi connectivity index (χ0) is 22.3. The van der Waals surface area contributed by atoms with Gasteiger partial charge in [-0.3, -0.25) is 4.79 Å². The summed E-state index contributed by atoms with van der Waals surface area (Å²) in [5.74, 6) is 3.56. The zero-order valence-corrected chi connectivity index (χ0v) is 19.4. The van der Waals surface area contributed by atoms with Crippen LogP contribution in [0.5, 0.6) is 0 Å². The second kappa shape index (κ2) is 11.0. The van der Waals surface area contributed by atoms with Crippen molar-refractivity contribution < 1.29 is 13.6 Å². The fraction of sp³-hybridized carbons (Fsp3) is 0.407. The predicted octanol–water partition coefficient (Wildman–Crippen LogP) is 6.96. The molecule has 3 aromatic rings. The Morgan fingerprint density at radius 2 is 1.75 bits per heavy atom. The van der Waals surface area contributed by atoms with Gasteiger partial charge in [-0.1, -0.05) is 37.1 Å². The summed E-state index contributed by atoms with van der Waals surface area (Å²) in [4.78, 5) is 16.9. The van der Waals surface area contributed by atoms with Gasteiger partial charge < -0.3 is 4.42 Å². The maximum atomic E-state index is 12.9. The number of aryl methyl sites for hydroxylation is 3. The topological polar surface area (TPSA) is 43.1 Å². The molecular weight excluding hydrogens is 421 g/mol. The van der Waals surface area contributed by atoms with Crippen molar-refractivity contribution in [3.63, 3.8) is 0 Å². The summed E-state index contributed by atoms with van der Waals surface area (Å²) in [5.41, 5.74) is 4.34. The number of aromatic nitrogens is 1. The van der Waals surface area contributed by atoms with Crippen LogP contribution >= 0.6 is 11.8 Å². The van der Waals surface area contributed by atoms with Crippen molar-refractivity contribution in [3.05, 3.63) is 76.9 Å². The van der Waals surface area contributed by atoms with Gasteiger partial charge in [-0.15, -0.1) is 11.8 Å². The molecule has 1 saturated carbocycles. The Balaban J connectivity index is 1.20. The Hall–Kier alpha value is -2.40. The first-order valence-corrected chi connectivity index (χ1v) is 12.6. The molecule has 0 unspecified atom stereocenters. The lowest BCUT2D eigenvalue weighted by atomic mass is 10.1. The number of oxazole rings is 1. The van der Waals surface area contributed by atoms with Crippen LogP contribution in [0.1, 0.15) is 54.7 Å². The van der Waals surface area contributed by atoms with Crippen molar-refractivity contribution in [2.45, 2.75) is 57.6 Å². The van der Waals surface area contributed by atoms with Gasteiger partial charge in [-0.25, -0.2) is 9.37 Å². The molecule has 2 aromatic carbocycles. The van der Waals surface area contributed by atoms with Crippen molar-refractivity contribution in [2.75, 3.05) is 5.75 Å². The molecule has 32 heavy (non-hydrogen) atoms. The number of halogens is 1. The van der Waals surface area contributed by atoms with Gasteiger partial charge in [0.15, 0.2) is 0 Å². The van der Waals surface area contributed by atoms with Crippen molar-refractivity contribution in [3.8, 4) is 11.5 Å². The minimum atomic E-state index is -0.228. The van der Waals surface area contributed by atoms with Crippen LogP contribution < -0.4 is 0 Å². The van der Waals surface area contributed by atoms with Crippen LogP contribution in [0.4, 0.5) is 4.39 Å². The van der Waals surface area contributed by atoms with Gasteiger partial charge in [0, 0.05) is 17.7 Å². The Kier molecular flexibility index (Phi) is 7.80. The smallest absolute Gasteiger partial charge is 0.226 e. The quantitative estimate of drug-likeness (QED) is 0.299. The normalized spacial score (nSPS) is 13.4. The molecule has 1 aromatic heterocycles. The number of rotatable bonds is 12. The number of hydrogen-bond acceptors (Lipinski definition) is 4. The molecule has 0 bridgehead atoms. The number of carbonyl (C=O) groups is 1. The third kappa shape index (κ3) is 6.80. The number of ketones is 1. The van der Waals surface area contributed by atoms with E-state index in [4.69, 9.17) is 4.42 Å². The van der Waals surface area contributed by atoms with E-state index in [1.54, 1.807) is 23.9 Å². The first-order valence-electron chi connectivity index (χ1n) is 11.5. The summed E-state index contributed by atoms with van der Waals surface area (Å²) in [6, 6.07) is 15.0. The highest BCUT2D eigenvalue weighted by molar-refractivity contribution is 7.99. The highest BCUT2D eigenvalue weighted by Crippen LogP contribution is 2.33. The molecule has 1 aliphatic carbocycles. The van der Waals surface area contributed by atoms with Crippen molar-refractivity contribution in [2.24, 2.45) is 5.92 Å². The molecule has 1 aliphatic rings. The molecule has 1 heterocycles. The van der Waals surface area contributed by atoms with Gasteiger partial charge in [0.05, 0.1) is 11.4 Å². The van der Waals surface area contributed by atoms with Crippen LogP contribution in [0, 0.1) is 18.7 Å². The minimum absolute atomic E-state index is 0.228. The highest BCUT2D eigenvalue weighted by Gasteiger charge is 2.20. The van der Waals surface area contributed by atoms with E-state index in [0.717, 1.165) is 47.8 Å². The second-order valence-electron chi connectivity index (χ2n) is 8.71. The predicted molar refractivity (Wildman–Crippen MR) is 128 cm³/mol. The van der Waals surface area contributed by atoms with Crippen molar-refractivity contribution >= 4 is 17.5 Å². The molecule has 1 fully saturated rings. The van der Waals surface area contributed by atoms with Crippen LogP contribution in [0.25, 0.3) is 11.5 Å². The van der Waals surface area contributed by atoms with Crippen LogP contribution in [-0.2, 0) is 23.4 Å². The average molecular weight is 452 g/mol. The molecule has 5 heteroatoms. The third-order valence-corrected chi connectivity index (χ3v) is 6.97. The van der Waals surface area contributed by atoms with Gasteiger partial charge in [0.2, 0.25) is 5.89 Å². The minimum Gasteiger partial charge on any atom is -0.441 e. The van der Waals surface area contributed by atoms with Gasteiger partial charge in [-0.05, 0) is 73.9 Å². The molecule has 168 valence electrons. The number of thioether (sulfide) groups is 1. The molecule has 0 saturated heterocycles. The molecular formula is C27H30FNO2S. The lowest BCUT2D eigenvalue weighted by molar-refractivity contribution is -0.116. The Labute approximate surface area is 193 Å². The Bertz CT molecular complexity index is 1020. The number of Topliss-reactive ketones (excluding diaryl/α,β-unsaturated/α-hetero) is 1. The molecule has 4 rings (SSSR count).